The predicted molar refractivity (Wildman–Crippen MR) is 94.2 cm³/mol. The van der Waals surface area contributed by atoms with Crippen LogP contribution in [0.2, 0.25) is 0 Å². The van der Waals surface area contributed by atoms with Gasteiger partial charge >= 0.3 is 5.97 Å². The Labute approximate surface area is 157 Å². The Morgan fingerprint density at radius 2 is 1.41 bits per heavy atom. The minimum absolute atomic E-state index is 0.0150. The molecule has 144 valence electrons. The number of carbonyl (C=O) groups excluding carboxylic acids is 3. The zero-order valence-corrected chi connectivity index (χ0v) is 16.4. The summed E-state index contributed by atoms with van der Waals surface area (Å²) >= 11 is 0. The molecule has 0 spiro atoms. The molecular formula is C20H22O7. The summed E-state index contributed by atoms with van der Waals surface area (Å²) in [4.78, 5) is 37.1. The van der Waals surface area contributed by atoms with E-state index in [0.717, 1.165) is 0 Å². The summed E-state index contributed by atoms with van der Waals surface area (Å²) in [6, 6.07) is 0. The van der Waals surface area contributed by atoms with Crippen molar-refractivity contribution in [2.24, 2.45) is 0 Å². The molecule has 0 bridgehead atoms. The number of ether oxygens (including phenoxy) is 3. The van der Waals surface area contributed by atoms with Gasteiger partial charge in [0.15, 0.2) is 23.1 Å². The van der Waals surface area contributed by atoms with Gasteiger partial charge in [-0.1, -0.05) is 0 Å². The first-order chi connectivity index (χ1) is 12.4. The highest BCUT2D eigenvalue weighted by Gasteiger charge is 2.60. The van der Waals surface area contributed by atoms with E-state index in [9.17, 15) is 19.5 Å². The van der Waals surface area contributed by atoms with Crippen molar-refractivity contribution < 1.29 is 33.7 Å². The van der Waals surface area contributed by atoms with Crippen LogP contribution in [-0.2, 0) is 28.6 Å². The van der Waals surface area contributed by atoms with Gasteiger partial charge in [0.1, 0.15) is 5.76 Å². The molecule has 1 saturated heterocycles. The third kappa shape index (κ3) is 2.30. The van der Waals surface area contributed by atoms with Crippen molar-refractivity contribution in [3.8, 4) is 0 Å². The maximum atomic E-state index is 12.9. The zero-order valence-electron chi connectivity index (χ0n) is 16.4. The van der Waals surface area contributed by atoms with Crippen LogP contribution in [-0.4, -0.2) is 33.8 Å². The molecule has 3 aliphatic rings. The van der Waals surface area contributed by atoms with E-state index in [1.165, 1.54) is 27.7 Å². The number of allylic oxidation sites excluding steroid dienone is 3. The number of rotatable bonds is 1. The summed E-state index contributed by atoms with van der Waals surface area (Å²) in [5, 5.41) is 10.3. The van der Waals surface area contributed by atoms with E-state index in [1.807, 2.05) is 0 Å². The summed E-state index contributed by atoms with van der Waals surface area (Å²) in [6.45, 7) is 10.6. The van der Waals surface area contributed by atoms with E-state index in [-0.39, 0.29) is 45.5 Å². The molecule has 1 heterocycles. The summed E-state index contributed by atoms with van der Waals surface area (Å²) < 4.78 is 17.6. The van der Waals surface area contributed by atoms with Gasteiger partial charge in [-0.25, -0.2) is 0 Å². The van der Waals surface area contributed by atoms with Gasteiger partial charge in [0.05, 0.1) is 0 Å². The van der Waals surface area contributed by atoms with Crippen LogP contribution in [0.1, 0.15) is 48.5 Å². The monoisotopic (exact) mass is 374 g/mol. The van der Waals surface area contributed by atoms with E-state index in [1.54, 1.807) is 20.8 Å². The van der Waals surface area contributed by atoms with Crippen LogP contribution in [0.5, 0.6) is 0 Å². The van der Waals surface area contributed by atoms with Crippen molar-refractivity contribution in [1.82, 2.24) is 0 Å². The molecule has 0 aromatic carbocycles. The van der Waals surface area contributed by atoms with Gasteiger partial charge in [-0.05, 0) is 41.5 Å². The molecular weight excluding hydrogens is 352 g/mol. The third-order valence-electron chi connectivity index (χ3n) is 5.35. The first kappa shape index (κ1) is 18.9. The van der Waals surface area contributed by atoms with Crippen LogP contribution in [0.15, 0.2) is 45.3 Å². The SMILES string of the molecule is CC(=O)OC1=C(C)C(=O)C(C)=C2O[C@]3(C)C(=O)C(C)=C(O)C(C)=C3O[C@@]12C. The largest absolute Gasteiger partial charge is 0.507 e. The standard InChI is InChI=1S/C20H22O7/c1-8-13(22)10(3)17-19(6,15(8)24)26-18-11(4)14(23)9(2)16(25-12(5)21)20(18,7)27-17/h22H,1-7H3/t19-,20+/m1/s1. The van der Waals surface area contributed by atoms with Crippen molar-refractivity contribution in [1.29, 1.82) is 0 Å². The Kier molecular flexibility index (Phi) is 3.92. The van der Waals surface area contributed by atoms with Crippen LogP contribution < -0.4 is 0 Å². The van der Waals surface area contributed by atoms with E-state index in [4.69, 9.17) is 14.2 Å². The molecule has 1 N–H and O–H groups in total. The molecule has 0 aromatic rings. The lowest BCUT2D eigenvalue weighted by atomic mass is 9.78. The molecule has 0 aromatic heterocycles. The van der Waals surface area contributed by atoms with E-state index in [2.05, 4.69) is 0 Å². The number of ketones is 2. The molecule has 7 heteroatoms. The van der Waals surface area contributed by atoms with Crippen LogP contribution in [0.3, 0.4) is 0 Å². The van der Waals surface area contributed by atoms with Crippen LogP contribution in [0, 0.1) is 0 Å². The van der Waals surface area contributed by atoms with Gasteiger partial charge in [-0.3, -0.25) is 14.4 Å². The lowest BCUT2D eigenvalue weighted by molar-refractivity contribution is -0.167. The van der Waals surface area contributed by atoms with Gasteiger partial charge < -0.3 is 19.3 Å². The molecule has 0 unspecified atom stereocenters. The predicted octanol–water partition coefficient (Wildman–Crippen LogP) is 2.93. The maximum absolute atomic E-state index is 12.9. The van der Waals surface area contributed by atoms with Crippen molar-refractivity contribution in [3.63, 3.8) is 0 Å². The number of Topliss-reactive ketones (excluding diaryl/α,β-unsaturated/α-hetero) is 2. The molecule has 0 saturated carbocycles. The van der Waals surface area contributed by atoms with Gasteiger partial charge in [0.25, 0.3) is 0 Å². The number of carbonyl (C=O) groups is 3. The number of fused-ring (bicyclic) bond motifs is 2. The lowest BCUT2D eigenvalue weighted by Crippen LogP contribution is -2.56. The topological polar surface area (TPSA) is 99.1 Å². The number of hydrogen-bond acceptors (Lipinski definition) is 7. The van der Waals surface area contributed by atoms with Crippen LogP contribution >= 0.6 is 0 Å². The summed E-state index contributed by atoms with van der Waals surface area (Å²) in [5.41, 5.74) is -1.95. The minimum atomic E-state index is -1.52. The van der Waals surface area contributed by atoms with Gasteiger partial charge in [0.2, 0.25) is 17.0 Å². The fraction of sp³-hybridized carbons (Fsp3) is 0.450. The number of aliphatic hydroxyl groups is 1. The van der Waals surface area contributed by atoms with E-state index in [0.29, 0.717) is 5.57 Å². The molecule has 7 nitrogen and oxygen atoms in total. The van der Waals surface area contributed by atoms with Gasteiger partial charge in [-0.15, -0.1) is 0 Å². The van der Waals surface area contributed by atoms with Gasteiger partial charge in [0, 0.05) is 29.2 Å². The first-order valence-corrected chi connectivity index (χ1v) is 8.56. The number of esters is 1. The molecule has 2 atom stereocenters. The van der Waals surface area contributed by atoms with Crippen molar-refractivity contribution >= 4 is 17.5 Å². The fourth-order valence-corrected chi connectivity index (χ4v) is 3.88. The second-order valence-electron chi connectivity index (χ2n) is 7.36. The fourth-order valence-electron chi connectivity index (χ4n) is 3.88. The Morgan fingerprint density at radius 3 is 1.96 bits per heavy atom. The average molecular weight is 374 g/mol. The molecule has 1 fully saturated rings. The van der Waals surface area contributed by atoms with Crippen molar-refractivity contribution in [2.45, 2.75) is 59.7 Å². The maximum Gasteiger partial charge on any atom is 0.307 e. The average Bonchev–Trinajstić information content (AvgIpc) is 2.61. The molecule has 0 radical (unpaired) electrons. The van der Waals surface area contributed by atoms with Gasteiger partial charge in [-0.2, -0.15) is 0 Å². The Balaban J connectivity index is 2.29. The molecule has 1 aliphatic heterocycles. The summed E-state index contributed by atoms with van der Waals surface area (Å²) in [7, 11) is 0. The first-order valence-electron chi connectivity index (χ1n) is 8.56. The van der Waals surface area contributed by atoms with Crippen molar-refractivity contribution in [3.05, 3.63) is 45.3 Å². The van der Waals surface area contributed by atoms with E-state index >= 15 is 0 Å². The highest BCUT2D eigenvalue weighted by Crippen LogP contribution is 2.52. The van der Waals surface area contributed by atoms with E-state index < -0.39 is 23.0 Å². The normalized spacial score (nSPS) is 30.8. The summed E-state index contributed by atoms with van der Waals surface area (Å²) in [6.07, 6.45) is 0. The lowest BCUT2D eigenvalue weighted by Gasteiger charge is -2.49. The van der Waals surface area contributed by atoms with Crippen molar-refractivity contribution in [2.75, 3.05) is 0 Å². The smallest absolute Gasteiger partial charge is 0.307 e. The Hall–Kier alpha value is -2.83. The summed E-state index contributed by atoms with van der Waals surface area (Å²) in [5.74, 6) is -1.34. The van der Waals surface area contributed by atoms with Crippen LogP contribution in [0.25, 0.3) is 0 Å². The molecule has 0 amide bonds. The second kappa shape index (κ2) is 5.58. The zero-order chi connectivity index (χ0) is 20.5. The molecule has 2 aliphatic carbocycles. The van der Waals surface area contributed by atoms with Crippen LogP contribution in [0.4, 0.5) is 0 Å². The third-order valence-corrected chi connectivity index (χ3v) is 5.35. The molecule has 3 rings (SSSR count). The minimum Gasteiger partial charge on any atom is -0.507 e. The Morgan fingerprint density at radius 1 is 0.889 bits per heavy atom. The number of aliphatic hydroxyl groups excluding tert-OH is 1. The quantitative estimate of drug-likeness (QED) is 0.705. The highest BCUT2D eigenvalue weighted by molar-refractivity contribution is 6.11. The number of hydrogen-bond donors (Lipinski definition) is 1. The molecule has 27 heavy (non-hydrogen) atoms. The second-order valence-corrected chi connectivity index (χ2v) is 7.36. The Bertz CT molecular complexity index is 943. The highest BCUT2D eigenvalue weighted by atomic mass is 16.6.